The molecule has 1 aliphatic rings. The zero-order valence-corrected chi connectivity index (χ0v) is 27.9. The molecular weight excluding hydrogens is 613 g/mol. The van der Waals surface area contributed by atoms with Crippen LogP contribution in [0.1, 0.15) is 33.6 Å². The van der Waals surface area contributed by atoms with Crippen molar-refractivity contribution < 1.29 is 0 Å². The Kier molecular flexibility index (Phi) is 5.59. The molecule has 234 valence electrons. The highest BCUT2D eigenvalue weighted by Gasteiger charge is 2.31. The van der Waals surface area contributed by atoms with Crippen molar-refractivity contribution in [2.24, 2.45) is 0 Å². The second-order valence-electron chi connectivity index (χ2n) is 13.6. The number of aromatic nitrogens is 4. The van der Waals surface area contributed by atoms with Crippen LogP contribution >= 0.6 is 0 Å². The van der Waals surface area contributed by atoms with Crippen LogP contribution in [-0.2, 0) is 0 Å². The molecule has 0 atom stereocenters. The third-order valence-electron chi connectivity index (χ3n) is 10.3. The van der Waals surface area contributed by atoms with Crippen molar-refractivity contribution in [2.75, 3.05) is 0 Å². The Bertz CT molecular complexity index is 2990. The Labute approximate surface area is 287 Å². The fourth-order valence-electron chi connectivity index (χ4n) is 8.21. The number of hydrogen-bond donors (Lipinski definition) is 0. The van der Waals surface area contributed by atoms with Crippen LogP contribution in [-0.4, -0.2) is 19.1 Å². The molecule has 6 aromatic carbocycles. The average molecular weight is 641 g/mol. The van der Waals surface area contributed by atoms with Crippen LogP contribution in [0.15, 0.2) is 97.1 Å². The molecule has 0 amide bonds. The molecule has 0 N–H and O–H groups in total. The fourth-order valence-corrected chi connectivity index (χ4v) is 8.21. The van der Waals surface area contributed by atoms with Crippen LogP contribution in [0.4, 0.5) is 0 Å². The number of nitriles is 2. The molecule has 0 aliphatic heterocycles. The standard InChI is InChI=1S/C44H28N6/c1-23-8-12-36-29(16-23)30-17-24(2)9-13-37(30)49(36)40-20-33-41-27(42-43(33)48-35(22-46)34(21-45)47-42)6-5-7-28(41)44(40)50-38-14-10-25(3)18-31(38)32-19-26(4)11-15-39(32)50/h5-20H,1-4H3. The highest BCUT2D eigenvalue weighted by Crippen LogP contribution is 2.51. The van der Waals surface area contributed by atoms with Gasteiger partial charge in [-0.1, -0.05) is 64.7 Å². The minimum atomic E-state index is 0.0359. The maximum Gasteiger partial charge on any atom is 0.177 e. The molecule has 0 unspecified atom stereocenters. The quantitative estimate of drug-likeness (QED) is 0.188. The van der Waals surface area contributed by atoms with Gasteiger partial charge in [-0.05, 0) is 82.3 Å². The monoisotopic (exact) mass is 640 g/mol. The number of benzene rings is 6. The minimum absolute atomic E-state index is 0.0359. The molecule has 0 saturated heterocycles. The lowest BCUT2D eigenvalue weighted by Crippen LogP contribution is -2.05. The largest absolute Gasteiger partial charge is 0.307 e. The molecular formula is C44H28N6. The summed E-state index contributed by atoms with van der Waals surface area (Å²) >= 11 is 0. The van der Waals surface area contributed by atoms with Gasteiger partial charge in [0.2, 0.25) is 0 Å². The van der Waals surface area contributed by atoms with Crippen molar-refractivity contribution in [3.05, 3.63) is 131 Å². The molecule has 9 aromatic rings. The molecule has 0 fully saturated rings. The fraction of sp³-hybridized carbons (Fsp3) is 0.0909. The van der Waals surface area contributed by atoms with E-state index in [0.29, 0.717) is 11.4 Å². The van der Waals surface area contributed by atoms with Crippen LogP contribution in [0, 0.1) is 50.4 Å². The van der Waals surface area contributed by atoms with E-state index in [1.54, 1.807) is 0 Å². The van der Waals surface area contributed by atoms with Gasteiger partial charge in [-0.25, -0.2) is 9.97 Å². The van der Waals surface area contributed by atoms with Gasteiger partial charge < -0.3 is 9.13 Å². The van der Waals surface area contributed by atoms with Gasteiger partial charge in [-0.2, -0.15) is 10.5 Å². The van der Waals surface area contributed by atoms with Gasteiger partial charge >= 0.3 is 0 Å². The van der Waals surface area contributed by atoms with Gasteiger partial charge in [0, 0.05) is 43.4 Å². The van der Waals surface area contributed by atoms with Crippen molar-refractivity contribution >= 4 is 54.4 Å². The molecule has 10 rings (SSSR count). The second kappa shape index (κ2) is 9.89. The van der Waals surface area contributed by atoms with Gasteiger partial charge in [0.05, 0.1) is 44.8 Å². The first-order valence-corrected chi connectivity index (χ1v) is 16.7. The number of hydrogen-bond acceptors (Lipinski definition) is 4. The molecule has 0 spiro atoms. The zero-order valence-electron chi connectivity index (χ0n) is 27.9. The SMILES string of the molecule is Cc1ccc2c(c1)c1cc(C)ccc1n2-c1cc2c3c(cccc3c1-n1c3ccc(C)cc3c3cc(C)ccc31)-c1nc(C#N)c(C#N)nc1-2. The summed E-state index contributed by atoms with van der Waals surface area (Å²) in [5.41, 5.74) is 14.5. The van der Waals surface area contributed by atoms with Gasteiger partial charge in [-0.15, -0.1) is 0 Å². The molecule has 6 nitrogen and oxygen atoms in total. The maximum atomic E-state index is 9.98. The lowest BCUT2D eigenvalue weighted by Gasteiger charge is -2.20. The summed E-state index contributed by atoms with van der Waals surface area (Å²) in [6.07, 6.45) is 0. The van der Waals surface area contributed by atoms with E-state index in [1.807, 2.05) is 6.07 Å². The van der Waals surface area contributed by atoms with E-state index in [1.165, 1.54) is 43.8 Å². The Morgan fingerprint density at radius 2 is 0.920 bits per heavy atom. The van der Waals surface area contributed by atoms with E-state index < -0.39 is 0 Å². The number of aryl methyl sites for hydroxylation is 4. The number of nitrogens with zero attached hydrogens (tertiary/aromatic N) is 6. The van der Waals surface area contributed by atoms with E-state index in [4.69, 9.17) is 9.97 Å². The van der Waals surface area contributed by atoms with Gasteiger partial charge in [0.1, 0.15) is 12.1 Å². The summed E-state index contributed by atoms with van der Waals surface area (Å²) in [4.78, 5) is 9.55. The summed E-state index contributed by atoms with van der Waals surface area (Å²) < 4.78 is 4.81. The predicted molar refractivity (Wildman–Crippen MR) is 201 cm³/mol. The van der Waals surface area contributed by atoms with Crippen LogP contribution in [0.2, 0.25) is 0 Å². The molecule has 0 saturated carbocycles. The molecule has 3 heterocycles. The van der Waals surface area contributed by atoms with E-state index >= 15 is 0 Å². The first kappa shape index (κ1) is 28.3. The summed E-state index contributed by atoms with van der Waals surface area (Å²) in [5, 5.41) is 26.7. The summed E-state index contributed by atoms with van der Waals surface area (Å²) in [7, 11) is 0. The first-order chi connectivity index (χ1) is 24.3. The van der Waals surface area contributed by atoms with Crippen molar-refractivity contribution in [3.63, 3.8) is 0 Å². The van der Waals surface area contributed by atoms with Crippen LogP contribution in [0.5, 0.6) is 0 Å². The molecule has 50 heavy (non-hydrogen) atoms. The summed E-state index contributed by atoms with van der Waals surface area (Å²) in [5.74, 6) is 0. The van der Waals surface area contributed by atoms with Gasteiger partial charge in [0.15, 0.2) is 11.4 Å². The van der Waals surface area contributed by atoms with Gasteiger partial charge in [-0.3, -0.25) is 0 Å². The maximum absolute atomic E-state index is 9.98. The lowest BCUT2D eigenvalue weighted by atomic mass is 10.00. The Balaban J connectivity index is 1.47. The van der Waals surface area contributed by atoms with Crippen molar-refractivity contribution in [3.8, 4) is 46.0 Å². The Hall–Kier alpha value is -6.76. The van der Waals surface area contributed by atoms with E-state index in [2.05, 4.69) is 140 Å². The van der Waals surface area contributed by atoms with Crippen molar-refractivity contribution in [2.45, 2.75) is 27.7 Å². The predicted octanol–water partition coefficient (Wildman–Crippen LogP) is 10.4. The Morgan fingerprint density at radius 3 is 1.38 bits per heavy atom. The third kappa shape index (κ3) is 3.65. The molecule has 3 aromatic heterocycles. The second-order valence-corrected chi connectivity index (χ2v) is 13.6. The molecule has 1 aliphatic carbocycles. The summed E-state index contributed by atoms with van der Waals surface area (Å²) in [6.45, 7) is 8.57. The highest BCUT2D eigenvalue weighted by molar-refractivity contribution is 6.20. The highest BCUT2D eigenvalue weighted by atomic mass is 15.1. The zero-order chi connectivity index (χ0) is 34.0. The number of rotatable bonds is 2. The van der Waals surface area contributed by atoms with Gasteiger partial charge in [0.25, 0.3) is 0 Å². The molecule has 0 bridgehead atoms. The topological polar surface area (TPSA) is 83.2 Å². The molecule has 6 heteroatoms. The number of fused-ring (bicyclic) bond motifs is 9. The molecule has 0 radical (unpaired) electrons. The van der Waals surface area contributed by atoms with E-state index in [-0.39, 0.29) is 11.4 Å². The van der Waals surface area contributed by atoms with E-state index in [0.717, 1.165) is 55.3 Å². The normalized spacial score (nSPS) is 12.0. The van der Waals surface area contributed by atoms with Crippen molar-refractivity contribution in [1.29, 1.82) is 10.5 Å². The average Bonchev–Trinajstić information content (AvgIpc) is 3.72. The first-order valence-electron chi connectivity index (χ1n) is 16.7. The summed E-state index contributed by atoms with van der Waals surface area (Å²) in [6, 6.07) is 39.5. The minimum Gasteiger partial charge on any atom is -0.307 e. The van der Waals surface area contributed by atoms with Crippen molar-refractivity contribution in [1.82, 2.24) is 19.1 Å². The third-order valence-corrected chi connectivity index (χ3v) is 10.3. The van der Waals surface area contributed by atoms with Crippen LogP contribution < -0.4 is 0 Å². The van der Waals surface area contributed by atoms with E-state index in [9.17, 15) is 10.5 Å². The van der Waals surface area contributed by atoms with Crippen LogP contribution in [0.25, 0.3) is 88.3 Å². The smallest absolute Gasteiger partial charge is 0.177 e. The van der Waals surface area contributed by atoms with Crippen LogP contribution in [0.3, 0.4) is 0 Å². The lowest BCUT2D eigenvalue weighted by molar-refractivity contribution is 1.11. The Morgan fingerprint density at radius 1 is 0.480 bits per heavy atom.